The Morgan fingerprint density at radius 1 is 1.35 bits per heavy atom. The highest BCUT2D eigenvalue weighted by atomic mass is 79.9. The zero-order valence-electron chi connectivity index (χ0n) is 10.9. The lowest BCUT2D eigenvalue weighted by molar-refractivity contribution is 0.210. The van der Waals surface area contributed by atoms with E-state index in [9.17, 15) is 0 Å². The van der Waals surface area contributed by atoms with Crippen molar-refractivity contribution in [2.24, 2.45) is 0 Å². The minimum absolute atomic E-state index is 0.328. The molecule has 0 radical (unpaired) electrons. The van der Waals surface area contributed by atoms with Crippen LogP contribution in [0.15, 0.2) is 28.2 Å². The maximum atomic E-state index is 6.17. The van der Waals surface area contributed by atoms with Gasteiger partial charge in [0.1, 0.15) is 5.76 Å². The Morgan fingerprint density at radius 3 is 2.40 bits per heavy atom. The van der Waals surface area contributed by atoms with Crippen LogP contribution in [0.1, 0.15) is 19.4 Å². The molecule has 0 saturated carbocycles. The van der Waals surface area contributed by atoms with E-state index in [4.69, 9.17) is 48.6 Å². The molecular weight excluding hydrogens is 406 g/mol. The van der Waals surface area contributed by atoms with Crippen LogP contribution >= 0.6 is 45.9 Å². The van der Waals surface area contributed by atoms with E-state index in [2.05, 4.69) is 15.9 Å². The molecule has 0 unspecified atom stereocenters. The van der Waals surface area contributed by atoms with Gasteiger partial charge >= 0.3 is 6.72 Å². The molecule has 0 saturated heterocycles. The van der Waals surface area contributed by atoms with Gasteiger partial charge in [-0.2, -0.15) is 0 Å². The van der Waals surface area contributed by atoms with E-state index in [1.807, 2.05) is 19.9 Å². The summed E-state index contributed by atoms with van der Waals surface area (Å²) in [5.41, 5.74) is 1.90. The second-order valence-corrected chi connectivity index (χ2v) is 7.95. The second kappa shape index (κ2) is 8.74. The normalized spacial score (nSPS) is 12.6. The summed E-state index contributed by atoms with van der Waals surface area (Å²) in [7, 11) is 0. The average Bonchev–Trinajstić information content (AvgIpc) is 2.37. The Kier molecular flexibility index (Phi) is 8.06. The van der Waals surface area contributed by atoms with Gasteiger partial charge in [-0.1, -0.05) is 39.1 Å². The van der Waals surface area contributed by atoms with Crippen molar-refractivity contribution in [3.05, 3.63) is 38.8 Å². The fraction of sp³-hybridized carbons (Fsp3) is 0.333. The molecule has 3 nitrogen and oxygen atoms in total. The molecule has 0 heterocycles. The fourth-order valence-corrected chi connectivity index (χ4v) is 4.41. The van der Waals surface area contributed by atoms with Crippen LogP contribution in [0.4, 0.5) is 0 Å². The molecule has 0 aliphatic carbocycles. The lowest BCUT2D eigenvalue weighted by Gasteiger charge is -2.22. The molecule has 20 heavy (non-hydrogen) atoms. The molecule has 0 amide bonds. The number of hydrogen-bond donors (Lipinski definition) is 0. The van der Waals surface area contributed by atoms with Gasteiger partial charge in [-0.15, -0.1) is 0 Å². The zero-order chi connectivity index (χ0) is 15.2. The first-order valence-corrected chi connectivity index (χ1v) is 9.96. The van der Waals surface area contributed by atoms with E-state index in [0.717, 1.165) is 4.47 Å². The predicted octanol–water partition coefficient (Wildman–Crippen LogP) is 5.95. The first-order chi connectivity index (χ1) is 9.45. The van der Waals surface area contributed by atoms with Crippen LogP contribution in [0.25, 0.3) is 5.76 Å². The average molecular weight is 420 g/mol. The van der Waals surface area contributed by atoms with Crippen molar-refractivity contribution < 1.29 is 13.6 Å². The van der Waals surface area contributed by atoms with Gasteiger partial charge in [0.25, 0.3) is 0 Å². The number of rotatable bonds is 7. The first-order valence-electron chi connectivity index (χ1n) is 5.80. The van der Waals surface area contributed by atoms with E-state index in [1.165, 1.54) is 5.54 Å². The van der Waals surface area contributed by atoms with Gasteiger partial charge in [0, 0.05) is 27.4 Å². The highest BCUT2D eigenvalue weighted by molar-refractivity contribution is 9.10. The third-order valence-electron chi connectivity index (χ3n) is 2.08. The highest BCUT2D eigenvalue weighted by Crippen LogP contribution is 2.53. The molecule has 0 N–H and O–H groups in total. The van der Waals surface area contributed by atoms with E-state index in [-0.39, 0.29) is 0 Å². The van der Waals surface area contributed by atoms with Crippen molar-refractivity contribution in [1.82, 2.24) is 0 Å². The molecule has 0 atom stereocenters. The molecule has 0 aliphatic rings. The van der Waals surface area contributed by atoms with Gasteiger partial charge < -0.3 is 4.52 Å². The van der Waals surface area contributed by atoms with Gasteiger partial charge in [-0.3, -0.25) is 9.05 Å². The van der Waals surface area contributed by atoms with Gasteiger partial charge in [-0.25, -0.2) is 0 Å². The second-order valence-electron chi connectivity index (χ2n) is 3.47. The molecule has 1 rings (SSSR count). The van der Waals surface area contributed by atoms with Crippen molar-refractivity contribution in [2.75, 3.05) is 13.2 Å². The largest absolute Gasteiger partial charge is 0.422 e. The molecule has 0 aromatic heterocycles. The smallest absolute Gasteiger partial charge is 0.380 e. The third-order valence-corrected chi connectivity index (χ3v) is 5.51. The van der Waals surface area contributed by atoms with Crippen molar-refractivity contribution in [1.29, 1.82) is 0 Å². The summed E-state index contributed by atoms with van der Waals surface area (Å²) >= 11 is 20.6. The molecule has 8 heteroatoms. The van der Waals surface area contributed by atoms with Crippen LogP contribution in [0.2, 0.25) is 5.02 Å². The lowest BCUT2D eigenvalue weighted by Crippen LogP contribution is -2.00. The Morgan fingerprint density at radius 2 is 1.95 bits per heavy atom. The third kappa shape index (κ3) is 5.30. The van der Waals surface area contributed by atoms with E-state index < -0.39 is 6.72 Å². The maximum Gasteiger partial charge on any atom is 0.380 e. The highest BCUT2D eigenvalue weighted by Gasteiger charge is 2.24. The topological polar surface area (TPSA) is 27.7 Å². The SMILES string of the molecule is CCOP(=S)(OCC)O/C(=C\Cl)c1ccc(Br)cc1Cl. The van der Waals surface area contributed by atoms with E-state index in [1.54, 1.807) is 12.1 Å². The quantitative estimate of drug-likeness (QED) is 0.403. The molecular formula is C12H14BrCl2O3PS. The number of hydrogen-bond acceptors (Lipinski definition) is 4. The summed E-state index contributed by atoms with van der Waals surface area (Å²) in [6.45, 7) is 1.54. The molecule has 1 aromatic rings. The van der Waals surface area contributed by atoms with Crippen LogP contribution in [0, 0.1) is 0 Å². The molecule has 0 spiro atoms. The summed E-state index contributed by atoms with van der Waals surface area (Å²) < 4.78 is 17.4. The van der Waals surface area contributed by atoms with Crippen molar-refractivity contribution >= 4 is 63.4 Å². The Bertz CT molecular complexity index is 529. The van der Waals surface area contributed by atoms with E-state index in [0.29, 0.717) is 29.6 Å². The number of benzene rings is 1. The minimum Gasteiger partial charge on any atom is -0.422 e. The molecule has 0 bridgehead atoms. The van der Waals surface area contributed by atoms with Crippen molar-refractivity contribution in [3.63, 3.8) is 0 Å². The predicted molar refractivity (Wildman–Crippen MR) is 91.6 cm³/mol. The van der Waals surface area contributed by atoms with Crippen LogP contribution in [-0.2, 0) is 25.4 Å². The summed E-state index contributed by atoms with van der Waals surface area (Å²) in [5.74, 6) is 0.328. The van der Waals surface area contributed by atoms with Crippen molar-refractivity contribution in [3.8, 4) is 0 Å². The summed E-state index contributed by atoms with van der Waals surface area (Å²) in [6.07, 6.45) is 0. The number of halogens is 3. The Hall–Kier alpha value is 0.390. The molecule has 112 valence electrons. The summed E-state index contributed by atoms with van der Waals surface area (Å²) in [5, 5.41) is 0.487. The standard InChI is InChI=1S/C12H14BrCl2O3PS/c1-3-16-19(20,17-4-2)18-12(8-14)10-6-5-9(13)7-11(10)15/h5-8H,3-4H2,1-2H3/b12-8-. The van der Waals surface area contributed by atoms with Crippen LogP contribution in [0.5, 0.6) is 0 Å². The minimum atomic E-state index is -2.88. The van der Waals surface area contributed by atoms with E-state index >= 15 is 0 Å². The van der Waals surface area contributed by atoms with Gasteiger partial charge in [0.15, 0.2) is 0 Å². The Labute approximate surface area is 142 Å². The van der Waals surface area contributed by atoms with Gasteiger partial charge in [0.2, 0.25) is 0 Å². The Balaban J connectivity index is 3.05. The van der Waals surface area contributed by atoms with Gasteiger partial charge in [-0.05, 0) is 32.0 Å². The van der Waals surface area contributed by atoms with Crippen LogP contribution in [-0.4, -0.2) is 13.2 Å². The first kappa shape index (κ1) is 18.4. The molecule has 0 aliphatic heterocycles. The van der Waals surface area contributed by atoms with Crippen LogP contribution in [0.3, 0.4) is 0 Å². The summed E-state index contributed by atoms with van der Waals surface area (Å²) in [6, 6.07) is 5.35. The maximum absolute atomic E-state index is 6.17. The zero-order valence-corrected chi connectivity index (χ0v) is 15.7. The van der Waals surface area contributed by atoms with Crippen molar-refractivity contribution in [2.45, 2.75) is 13.8 Å². The van der Waals surface area contributed by atoms with Gasteiger partial charge in [0.05, 0.1) is 18.2 Å². The molecule has 0 fully saturated rings. The monoisotopic (exact) mass is 418 g/mol. The molecule has 1 aromatic carbocycles. The van der Waals surface area contributed by atoms with Crippen LogP contribution < -0.4 is 0 Å². The lowest BCUT2D eigenvalue weighted by atomic mass is 10.2. The fourth-order valence-electron chi connectivity index (χ4n) is 1.34. The summed E-state index contributed by atoms with van der Waals surface area (Å²) in [4.78, 5) is 0.